The molecule has 0 spiro atoms. The van der Waals surface area contributed by atoms with Crippen LogP contribution in [0.15, 0.2) is 71.3 Å². The normalized spacial score (nSPS) is 18.0. The van der Waals surface area contributed by atoms with E-state index in [2.05, 4.69) is 31.5 Å². The van der Waals surface area contributed by atoms with Gasteiger partial charge in [-0.1, -0.05) is 40.2 Å². The highest BCUT2D eigenvalue weighted by Crippen LogP contribution is 2.34. The number of nitrogens with one attached hydrogen (secondary N) is 2. The number of carbonyl (C=O) groups excluding carboxylic acids is 1. The third-order valence-corrected chi connectivity index (χ3v) is 5.18. The summed E-state index contributed by atoms with van der Waals surface area (Å²) in [5, 5.41) is 16.6. The quantitative estimate of drug-likeness (QED) is 0.588. The highest BCUT2D eigenvalue weighted by atomic mass is 79.9. The fourth-order valence-corrected chi connectivity index (χ4v) is 3.59. The number of rotatable bonds is 4. The molecule has 1 heterocycles. The molecule has 2 atom stereocenters. The first kappa shape index (κ1) is 17.7. The molecule has 1 aliphatic carbocycles. The number of aliphatic hydroxyl groups is 1. The van der Waals surface area contributed by atoms with Gasteiger partial charge in [-0.3, -0.25) is 4.79 Å². The molecule has 0 aliphatic heterocycles. The molecule has 3 aromatic rings. The van der Waals surface area contributed by atoms with Crippen LogP contribution in [0.2, 0.25) is 0 Å². The van der Waals surface area contributed by atoms with E-state index in [1.807, 2.05) is 48.5 Å². The first-order valence-electron chi connectivity index (χ1n) is 8.66. The van der Waals surface area contributed by atoms with Gasteiger partial charge in [0.05, 0.1) is 17.7 Å². The maximum Gasteiger partial charge on any atom is 0.259 e. The summed E-state index contributed by atoms with van der Waals surface area (Å²) in [7, 11) is 0. The maximum absolute atomic E-state index is 12.8. The van der Waals surface area contributed by atoms with Crippen LogP contribution >= 0.6 is 15.9 Å². The molecule has 0 fully saturated rings. The Bertz CT molecular complexity index is 975. The van der Waals surface area contributed by atoms with Crippen molar-refractivity contribution >= 4 is 33.3 Å². The summed E-state index contributed by atoms with van der Waals surface area (Å²) in [6, 6.07) is 18.4. The monoisotopic (exact) mass is 423 g/mol. The third kappa shape index (κ3) is 3.72. The minimum atomic E-state index is -0.563. The van der Waals surface area contributed by atoms with Gasteiger partial charge in [0.25, 0.3) is 5.91 Å². The van der Waals surface area contributed by atoms with E-state index in [4.69, 9.17) is 0 Å². The molecule has 4 rings (SSSR count). The van der Waals surface area contributed by atoms with Gasteiger partial charge < -0.3 is 15.7 Å². The number of aromatic nitrogens is 1. The number of pyridine rings is 1. The summed E-state index contributed by atoms with van der Waals surface area (Å²) in [5.74, 6) is 0.196. The molecule has 0 unspecified atom stereocenters. The topological polar surface area (TPSA) is 74.2 Å². The Morgan fingerprint density at radius 2 is 1.85 bits per heavy atom. The Balaban J connectivity index is 1.58. The van der Waals surface area contributed by atoms with Crippen LogP contribution in [0.4, 0.5) is 11.5 Å². The van der Waals surface area contributed by atoms with Crippen LogP contribution in [0.25, 0.3) is 0 Å². The lowest BCUT2D eigenvalue weighted by Gasteiger charge is -2.20. The van der Waals surface area contributed by atoms with Gasteiger partial charge >= 0.3 is 0 Å². The number of hydrogen-bond acceptors (Lipinski definition) is 4. The Hall–Kier alpha value is -2.70. The van der Waals surface area contributed by atoms with Gasteiger partial charge in [-0.15, -0.1) is 0 Å². The Morgan fingerprint density at radius 3 is 2.67 bits per heavy atom. The summed E-state index contributed by atoms with van der Waals surface area (Å²) in [4.78, 5) is 17.1. The largest absolute Gasteiger partial charge is 0.390 e. The van der Waals surface area contributed by atoms with Gasteiger partial charge in [0, 0.05) is 22.8 Å². The zero-order valence-corrected chi connectivity index (χ0v) is 16.0. The van der Waals surface area contributed by atoms with Gasteiger partial charge in [0.1, 0.15) is 5.82 Å². The van der Waals surface area contributed by atoms with E-state index in [1.165, 1.54) is 0 Å². The molecule has 6 heteroatoms. The number of hydrogen-bond donors (Lipinski definition) is 3. The van der Waals surface area contributed by atoms with Crippen LogP contribution in [0, 0.1) is 0 Å². The molecule has 1 aliphatic rings. The summed E-state index contributed by atoms with van der Waals surface area (Å²) in [6.45, 7) is 0. The molecule has 0 radical (unpaired) electrons. The Kier molecular flexibility index (Phi) is 4.92. The lowest BCUT2D eigenvalue weighted by molar-refractivity contribution is 0.102. The Labute approximate surface area is 165 Å². The lowest BCUT2D eigenvalue weighted by atomic mass is 10.1. The van der Waals surface area contributed by atoms with Gasteiger partial charge in [0.2, 0.25) is 0 Å². The number of nitrogens with zero attached hydrogens (tertiary/aromatic N) is 1. The van der Waals surface area contributed by atoms with Crippen LogP contribution < -0.4 is 10.6 Å². The molecule has 0 saturated heterocycles. The van der Waals surface area contributed by atoms with Gasteiger partial charge in [0.15, 0.2) is 0 Å². The zero-order valence-electron chi connectivity index (χ0n) is 14.4. The Morgan fingerprint density at radius 1 is 1.07 bits per heavy atom. The standard InChI is InChI=1S/C21H18BrN3O2/c22-14-7-9-15(10-8-14)24-21(27)17-6-3-11-23-20(17)25-19-16-5-2-1-4-13(16)12-18(19)26/h1-11,18-19,26H,12H2,(H,23,25)(H,24,27)/t18-,19+/m1/s1. The number of fused-ring (bicyclic) bond motifs is 1. The van der Waals surface area contributed by atoms with Crippen molar-refractivity contribution < 1.29 is 9.90 Å². The number of anilines is 2. The van der Waals surface area contributed by atoms with E-state index >= 15 is 0 Å². The second kappa shape index (κ2) is 7.50. The fourth-order valence-electron chi connectivity index (χ4n) is 3.33. The molecule has 0 bridgehead atoms. The summed E-state index contributed by atoms with van der Waals surface area (Å²) >= 11 is 3.38. The number of aliphatic hydroxyl groups excluding tert-OH is 1. The average molecular weight is 424 g/mol. The summed E-state index contributed by atoms with van der Waals surface area (Å²) in [6.07, 6.45) is 1.65. The van der Waals surface area contributed by atoms with E-state index in [0.717, 1.165) is 15.6 Å². The van der Waals surface area contributed by atoms with Crippen molar-refractivity contribution in [2.45, 2.75) is 18.6 Å². The van der Waals surface area contributed by atoms with Crippen molar-refractivity contribution in [1.82, 2.24) is 4.98 Å². The molecule has 136 valence electrons. The van der Waals surface area contributed by atoms with E-state index in [0.29, 0.717) is 23.5 Å². The smallest absolute Gasteiger partial charge is 0.259 e. The fraction of sp³-hybridized carbons (Fsp3) is 0.143. The number of halogens is 1. The summed E-state index contributed by atoms with van der Waals surface area (Å²) in [5.41, 5.74) is 3.27. The van der Waals surface area contributed by atoms with Crippen LogP contribution in [0.1, 0.15) is 27.5 Å². The first-order chi connectivity index (χ1) is 13.1. The molecule has 3 N–H and O–H groups in total. The molecular formula is C21H18BrN3O2. The van der Waals surface area contributed by atoms with Crippen LogP contribution in [0.5, 0.6) is 0 Å². The van der Waals surface area contributed by atoms with E-state index < -0.39 is 6.10 Å². The van der Waals surface area contributed by atoms with Crippen molar-refractivity contribution in [2.24, 2.45) is 0 Å². The molecule has 1 aromatic heterocycles. The molecule has 27 heavy (non-hydrogen) atoms. The van der Waals surface area contributed by atoms with Gasteiger partial charge in [-0.25, -0.2) is 4.98 Å². The molecule has 2 aromatic carbocycles. The van der Waals surface area contributed by atoms with Crippen molar-refractivity contribution in [3.8, 4) is 0 Å². The molecule has 0 saturated carbocycles. The molecule has 1 amide bonds. The first-order valence-corrected chi connectivity index (χ1v) is 9.45. The predicted molar refractivity (Wildman–Crippen MR) is 109 cm³/mol. The number of benzene rings is 2. The maximum atomic E-state index is 12.8. The summed E-state index contributed by atoms with van der Waals surface area (Å²) < 4.78 is 0.943. The second-order valence-corrected chi connectivity index (χ2v) is 7.37. The minimum absolute atomic E-state index is 0.256. The van der Waals surface area contributed by atoms with Crippen LogP contribution in [-0.4, -0.2) is 22.1 Å². The van der Waals surface area contributed by atoms with Gasteiger partial charge in [-0.2, -0.15) is 0 Å². The SMILES string of the molecule is O=C(Nc1ccc(Br)cc1)c1cccnc1N[C@H]1c2ccccc2C[C@H]1O. The van der Waals surface area contributed by atoms with Crippen molar-refractivity contribution in [2.75, 3.05) is 10.6 Å². The van der Waals surface area contributed by atoms with Crippen molar-refractivity contribution in [3.05, 3.63) is 88.0 Å². The highest BCUT2D eigenvalue weighted by molar-refractivity contribution is 9.10. The zero-order chi connectivity index (χ0) is 18.8. The van der Waals surface area contributed by atoms with Gasteiger partial charge in [-0.05, 0) is 47.5 Å². The second-order valence-electron chi connectivity index (χ2n) is 6.45. The van der Waals surface area contributed by atoms with E-state index in [-0.39, 0.29) is 11.9 Å². The molecular weight excluding hydrogens is 406 g/mol. The van der Waals surface area contributed by atoms with E-state index in [9.17, 15) is 9.90 Å². The number of carbonyl (C=O) groups is 1. The lowest BCUT2D eigenvalue weighted by Crippen LogP contribution is -2.24. The van der Waals surface area contributed by atoms with Crippen molar-refractivity contribution in [3.63, 3.8) is 0 Å². The highest BCUT2D eigenvalue weighted by Gasteiger charge is 2.31. The number of amides is 1. The van der Waals surface area contributed by atoms with Crippen LogP contribution in [-0.2, 0) is 6.42 Å². The van der Waals surface area contributed by atoms with Crippen LogP contribution in [0.3, 0.4) is 0 Å². The average Bonchev–Trinajstić information content (AvgIpc) is 2.99. The predicted octanol–water partition coefficient (Wildman–Crippen LogP) is 4.17. The molecule has 5 nitrogen and oxygen atoms in total. The van der Waals surface area contributed by atoms with Crippen molar-refractivity contribution in [1.29, 1.82) is 0 Å². The van der Waals surface area contributed by atoms with E-state index in [1.54, 1.807) is 18.3 Å². The minimum Gasteiger partial charge on any atom is -0.390 e. The third-order valence-electron chi connectivity index (χ3n) is 4.65.